The van der Waals surface area contributed by atoms with Crippen LogP contribution < -0.4 is 10.6 Å². The second kappa shape index (κ2) is 12.5. The predicted molar refractivity (Wildman–Crippen MR) is 164 cm³/mol. The quantitative estimate of drug-likeness (QED) is 0.245. The summed E-state index contributed by atoms with van der Waals surface area (Å²) < 4.78 is 0. The highest BCUT2D eigenvalue weighted by molar-refractivity contribution is 6.14. The van der Waals surface area contributed by atoms with E-state index in [-0.39, 0.29) is 43.5 Å². The zero-order valence-electron chi connectivity index (χ0n) is 24.8. The van der Waals surface area contributed by atoms with Gasteiger partial charge in [0.1, 0.15) is 0 Å². The van der Waals surface area contributed by atoms with Gasteiger partial charge in [0.05, 0.1) is 17.5 Å². The fourth-order valence-electron chi connectivity index (χ4n) is 5.69. The van der Waals surface area contributed by atoms with E-state index in [0.29, 0.717) is 40.4 Å². The highest BCUT2D eigenvalue weighted by Crippen LogP contribution is 2.34. The van der Waals surface area contributed by atoms with Crippen molar-refractivity contribution >= 4 is 35.5 Å². The molecule has 43 heavy (non-hydrogen) atoms. The summed E-state index contributed by atoms with van der Waals surface area (Å²) in [5.74, 6) is -2.26. The van der Waals surface area contributed by atoms with Crippen molar-refractivity contribution in [1.82, 2.24) is 15.6 Å². The predicted octanol–water partition coefficient (Wildman–Crippen LogP) is 4.38. The number of nitrogens with one attached hydrogen (secondary N) is 3. The molecular weight excluding hydrogens is 548 g/mol. The molecule has 1 aromatic heterocycles. The molecule has 1 unspecified atom stereocenters. The van der Waals surface area contributed by atoms with E-state index >= 15 is 0 Å². The van der Waals surface area contributed by atoms with Crippen molar-refractivity contribution in [3.8, 4) is 0 Å². The number of H-pyrrole nitrogens is 1. The average molecular weight is 585 g/mol. The highest BCUT2D eigenvalue weighted by atomic mass is 16.4. The lowest BCUT2D eigenvalue weighted by Crippen LogP contribution is -2.30. The van der Waals surface area contributed by atoms with Crippen LogP contribution in [-0.4, -0.2) is 50.7 Å². The molecule has 10 heteroatoms. The van der Waals surface area contributed by atoms with Crippen LogP contribution in [0.3, 0.4) is 0 Å². The molecule has 2 amide bonds. The summed E-state index contributed by atoms with van der Waals surface area (Å²) in [6.07, 6.45) is 7.56. The molecule has 0 saturated heterocycles. The molecule has 0 bridgehead atoms. The maximum atomic E-state index is 12.3. The summed E-state index contributed by atoms with van der Waals surface area (Å²) in [6.45, 7) is 14.9. The fourth-order valence-corrected chi connectivity index (χ4v) is 5.69. The molecule has 224 valence electrons. The third-order valence-corrected chi connectivity index (χ3v) is 8.23. The van der Waals surface area contributed by atoms with E-state index in [1.165, 1.54) is 6.08 Å². The van der Waals surface area contributed by atoms with Gasteiger partial charge in [0.2, 0.25) is 5.91 Å². The molecule has 0 spiro atoms. The van der Waals surface area contributed by atoms with Crippen molar-refractivity contribution in [2.24, 2.45) is 4.99 Å². The topological polar surface area (TPSA) is 161 Å². The molecular formula is C33H36N4O6. The number of carbonyl (C=O) groups is 4. The number of rotatable bonds is 12. The van der Waals surface area contributed by atoms with E-state index in [1.54, 1.807) is 19.1 Å². The van der Waals surface area contributed by atoms with Gasteiger partial charge in [0, 0.05) is 47.5 Å². The molecule has 3 aliphatic heterocycles. The van der Waals surface area contributed by atoms with Crippen LogP contribution in [0.1, 0.15) is 62.5 Å². The van der Waals surface area contributed by atoms with Gasteiger partial charge in [-0.05, 0) is 86.1 Å². The number of carboxylic acid groups (broad SMARTS) is 2. The molecule has 0 radical (unpaired) electrons. The van der Waals surface area contributed by atoms with E-state index in [1.807, 2.05) is 26.8 Å². The van der Waals surface area contributed by atoms with Crippen LogP contribution in [-0.2, 0) is 32.0 Å². The van der Waals surface area contributed by atoms with Crippen molar-refractivity contribution in [2.45, 2.75) is 65.8 Å². The molecule has 4 heterocycles. The maximum Gasteiger partial charge on any atom is 0.303 e. The SMILES string of the molecule is C=CC1=C(C)/C(=C\C2=NC(=C\c3[nH]c(CC4NC(=O)C(C)=C4C=C)c(C)c3CCC(=O)O)/C(CCC(=O)O)=C2C)NC1=O. The minimum absolute atomic E-state index is 0.0797. The van der Waals surface area contributed by atoms with Gasteiger partial charge in [-0.3, -0.25) is 19.2 Å². The van der Waals surface area contributed by atoms with Crippen molar-refractivity contribution in [1.29, 1.82) is 0 Å². The summed E-state index contributed by atoms with van der Waals surface area (Å²) in [4.78, 5) is 55.9. The lowest BCUT2D eigenvalue weighted by Gasteiger charge is -2.13. The Morgan fingerprint density at radius 3 is 2.19 bits per heavy atom. The zero-order valence-corrected chi connectivity index (χ0v) is 24.8. The number of allylic oxidation sites excluding steroid dienone is 4. The Bertz CT molecular complexity index is 1660. The van der Waals surface area contributed by atoms with Crippen LogP contribution in [0.4, 0.5) is 0 Å². The van der Waals surface area contributed by atoms with Gasteiger partial charge in [0.25, 0.3) is 5.91 Å². The third-order valence-electron chi connectivity index (χ3n) is 8.23. The molecule has 1 aromatic rings. The first-order valence-electron chi connectivity index (χ1n) is 14.0. The van der Waals surface area contributed by atoms with Crippen LogP contribution in [0.15, 0.2) is 81.2 Å². The van der Waals surface area contributed by atoms with Crippen LogP contribution in [0.5, 0.6) is 0 Å². The van der Waals surface area contributed by atoms with Crippen LogP contribution in [0, 0.1) is 6.92 Å². The second-order valence-electron chi connectivity index (χ2n) is 10.8. The molecule has 0 aromatic carbocycles. The second-order valence-corrected chi connectivity index (χ2v) is 10.8. The van der Waals surface area contributed by atoms with Crippen LogP contribution in [0.2, 0.25) is 0 Å². The van der Waals surface area contributed by atoms with Gasteiger partial charge >= 0.3 is 11.9 Å². The number of nitrogens with zero attached hydrogens (tertiary/aromatic N) is 1. The van der Waals surface area contributed by atoms with Crippen LogP contribution in [0.25, 0.3) is 6.08 Å². The van der Waals surface area contributed by atoms with E-state index in [9.17, 15) is 29.4 Å². The maximum absolute atomic E-state index is 12.3. The molecule has 0 saturated carbocycles. The fraction of sp³-hybridized carbons (Fsp3) is 0.303. The largest absolute Gasteiger partial charge is 0.481 e. The third kappa shape index (κ3) is 6.28. The number of aliphatic imine (C=N–C) groups is 1. The number of aromatic amines is 1. The molecule has 3 aliphatic rings. The molecule has 10 nitrogen and oxygen atoms in total. The minimum atomic E-state index is -0.941. The van der Waals surface area contributed by atoms with Crippen molar-refractivity contribution < 1.29 is 29.4 Å². The van der Waals surface area contributed by atoms with Crippen molar-refractivity contribution in [3.05, 3.63) is 98.7 Å². The highest BCUT2D eigenvalue weighted by Gasteiger charge is 2.29. The van der Waals surface area contributed by atoms with E-state index in [4.69, 9.17) is 4.99 Å². The summed E-state index contributed by atoms with van der Waals surface area (Å²) >= 11 is 0. The molecule has 0 aliphatic carbocycles. The molecule has 0 fully saturated rings. The molecule has 5 N–H and O–H groups in total. The summed E-state index contributed by atoms with van der Waals surface area (Å²) in [5.41, 5.74) is 9.15. The first-order chi connectivity index (χ1) is 20.4. The number of hydrogen-bond donors (Lipinski definition) is 5. The van der Waals surface area contributed by atoms with Crippen molar-refractivity contribution in [2.75, 3.05) is 0 Å². The Balaban J connectivity index is 1.80. The average Bonchev–Trinajstić information content (AvgIpc) is 3.59. The standard InChI is InChI=1S/C33H36N4O6/c1-7-20-19(6)32(42)37-27(20)14-25-18(5)23(10-12-31(40)41)29(35-25)15-28-22(9-11-30(38)39)17(4)24(34-28)13-26-16(3)21(8-2)33(43)36-26/h7-8,13,15,27,35H,1-2,9-12,14H2,3-6H3,(H,36,43)(H,37,42)(H,38,39)(H,40,41)/b26-13+,28-15-. The Morgan fingerprint density at radius 2 is 1.58 bits per heavy atom. The number of amides is 2. The van der Waals surface area contributed by atoms with Gasteiger partial charge in [0.15, 0.2) is 0 Å². The monoisotopic (exact) mass is 584 g/mol. The van der Waals surface area contributed by atoms with Gasteiger partial charge in [-0.1, -0.05) is 25.3 Å². The Morgan fingerprint density at radius 1 is 0.907 bits per heavy atom. The molecule has 1 atom stereocenters. The summed E-state index contributed by atoms with van der Waals surface area (Å²) in [7, 11) is 0. The summed E-state index contributed by atoms with van der Waals surface area (Å²) in [6, 6.07) is -0.274. The van der Waals surface area contributed by atoms with Gasteiger partial charge in [-0.2, -0.15) is 0 Å². The lowest BCUT2D eigenvalue weighted by molar-refractivity contribution is -0.138. The van der Waals surface area contributed by atoms with Crippen LogP contribution >= 0.6 is 0 Å². The number of carbonyl (C=O) groups excluding carboxylic acids is 2. The minimum Gasteiger partial charge on any atom is -0.481 e. The number of aliphatic carboxylic acids is 2. The number of carboxylic acids is 2. The summed E-state index contributed by atoms with van der Waals surface area (Å²) in [5, 5.41) is 24.7. The Hall–Kier alpha value is -4.99. The van der Waals surface area contributed by atoms with Gasteiger partial charge in [-0.15, -0.1) is 0 Å². The number of hydrogen-bond acceptors (Lipinski definition) is 5. The smallest absolute Gasteiger partial charge is 0.303 e. The van der Waals surface area contributed by atoms with E-state index in [2.05, 4.69) is 28.8 Å². The van der Waals surface area contributed by atoms with E-state index < -0.39 is 11.9 Å². The first-order valence-corrected chi connectivity index (χ1v) is 14.0. The first kappa shape index (κ1) is 31.0. The zero-order chi connectivity index (χ0) is 31.6. The van der Waals surface area contributed by atoms with Crippen molar-refractivity contribution in [3.63, 3.8) is 0 Å². The molecule has 4 rings (SSSR count). The number of aromatic nitrogens is 1. The lowest BCUT2D eigenvalue weighted by atomic mass is 9.97. The Labute approximate surface area is 250 Å². The van der Waals surface area contributed by atoms with Gasteiger partial charge < -0.3 is 25.8 Å². The normalized spacial score (nSPS) is 20.4. The van der Waals surface area contributed by atoms with E-state index in [0.717, 1.165) is 39.1 Å². The Kier molecular flexibility index (Phi) is 8.99. The van der Waals surface area contributed by atoms with Gasteiger partial charge in [-0.25, -0.2) is 4.99 Å².